The quantitative estimate of drug-likeness (QED) is 0.792. The van der Waals surface area contributed by atoms with E-state index in [-0.39, 0.29) is 11.8 Å². The van der Waals surface area contributed by atoms with Crippen molar-refractivity contribution in [2.24, 2.45) is 5.92 Å². The van der Waals surface area contributed by atoms with Crippen LogP contribution in [0.2, 0.25) is 0 Å². The Morgan fingerprint density at radius 1 is 1.05 bits per heavy atom. The molecule has 1 amide bonds. The van der Waals surface area contributed by atoms with Crippen LogP contribution in [0, 0.1) is 5.92 Å². The van der Waals surface area contributed by atoms with Gasteiger partial charge in [0.05, 0.1) is 0 Å². The molecule has 1 saturated carbocycles. The first-order valence-corrected chi connectivity index (χ1v) is 7.51. The third-order valence-electron chi connectivity index (χ3n) is 4.29. The predicted octanol–water partition coefficient (Wildman–Crippen LogP) is 3.98. The van der Waals surface area contributed by atoms with E-state index in [4.69, 9.17) is 0 Å². The molecule has 1 aromatic heterocycles. The van der Waals surface area contributed by atoms with Crippen molar-refractivity contribution in [2.45, 2.75) is 12.3 Å². The van der Waals surface area contributed by atoms with Gasteiger partial charge in [0.25, 0.3) is 0 Å². The van der Waals surface area contributed by atoms with Gasteiger partial charge in [0.1, 0.15) is 0 Å². The zero-order valence-electron chi connectivity index (χ0n) is 12.1. The van der Waals surface area contributed by atoms with Gasteiger partial charge >= 0.3 is 0 Å². The Morgan fingerprint density at radius 3 is 2.77 bits per heavy atom. The van der Waals surface area contributed by atoms with Gasteiger partial charge in [0, 0.05) is 34.8 Å². The summed E-state index contributed by atoms with van der Waals surface area (Å²) >= 11 is 0. The van der Waals surface area contributed by atoms with E-state index in [1.807, 2.05) is 48.7 Å². The van der Waals surface area contributed by atoms with Crippen LogP contribution < -0.4 is 5.32 Å². The van der Waals surface area contributed by atoms with E-state index in [1.165, 1.54) is 5.56 Å². The highest BCUT2D eigenvalue weighted by Gasteiger charge is 2.43. The van der Waals surface area contributed by atoms with Gasteiger partial charge in [-0.3, -0.25) is 9.78 Å². The zero-order valence-corrected chi connectivity index (χ0v) is 12.1. The van der Waals surface area contributed by atoms with Crippen LogP contribution in [-0.2, 0) is 4.79 Å². The topological polar surface area (TPSA) is 42.0 Å². The number of fused-ring (bicyclic) bond motifs is 1. The minimum absolute atomic E-state index is 0.0829. The van der Waals surface area contributed by atoms with Crippen LogP contribution in [0.25, 0.3) is 10.8 Å². The third-order valence-corrected chi connectivity index (χ3v) is 4.29. The zero-order chi connectivity index (χ0) is 14.9. The fourth-order valence-electron chi connectivity index (χ4n) is 3.01. The fraction of sp³-hybridized carbons (Fsp3) is 0.158. The maximum atomic E-state index is 12.5. The lowest BCUT2D eigenvalue weighted by Crippen LogP contribution is -2.14. The first kappa shape index (κ1) is 13.0. The summed E-state index contributed by atoms with van der Waals surface area (Å²) in [6.45, 7) is 0. The Bertz CT molecular complexity index is 824. The second-order valence-electron chi connectivity index (χ2n) is 5.75. The van der Waals surface area contributed by atoms with Gasteiger partial charge in [0.15, 0.2) is 0 Å². The van der Waals surface area contributed by atoms with Crippen molar-refractivity contribution < 1.29 is 4.79 Å². The van der Waals surface area contributed by atoms with E-state index in [2.05, 4.69) is 22.4 Å². The van der Waals surface area contributed by atoms with E-state index < -0.39 is 0 Å². The highest BCUT2D eigenvalue weighted by Crippen LogP contribution is 2.48. The van der Waals surface area contributed by atoms with E-state index in [0.29, 0.717) is 5.92 Å². The van der Waals surface area contributed by atoms with Crippen molar-refractivity contribution in [1.82, 2.24) is 4.98 Å². The predicted molar refractivity (Wildman–Crippen MR) is 87.7 cm³/mol. The summed E-state index contributed by atoms with van der Waals surface area (Å²) in [5.74, 6) is 0.551. The van der Waals surface area contributed by atoms with Crippen LogP contribution in [0.3, 0.4) is 0 Å². The van der Waals surface area contributed by atoms with Crippen molar-refractivity contribution in [2.75, 3.05) is 5.32 Å². The SMILES string of the molecule is O=C(Nc1cccc2cnccc12)[C@H]1C[C@H]1c1ccccc1. The normalized spacial score (nSPS) is 19.8. The van der Waals surface area contributed by atoms with E-state index >= 15 is 0 Å². The Morgan fingerprint density at radius 2 is 1.91 bits per heavy atom. The van der Waals surface area contributed by atoms with Gasteiger partial charge in [-0.05, 0) is 30.0 Å². The fourth-order valence-corrected chi connectivity index (χ4v) is 3.01. The minimum Gasteiger partial charge on any atom is -0.325 e. The molecule has 0 aliphatic heterocycles. The van der Waals surface area contributed by atoms with Gasteiger partial charge in [0.2, 0.25) is 5.91 Å². The van der Waals surface area contributed by atoms with Gasteiger partial charge < -0.3 is 5.32 Å². The van der Waals surface area contributed by atoms with Crippen molar-refractivity contribution in [1.29, 1.82) is 0 Å². The van der Waals surface area contributed by atoms with Crippen LogP contribution in [0.4, 0.5) is 5.69 Å². The van der Waals surface area contributed by atoms with Crippen molar-refractivity contribution in [3.8, 4) is 0 Å². The van der Waals surface area contributed by atoms with E-state index in [1.54, 1.807) is 6.20 Å². The molecule has 3 aromatic rings. The Kier molecular flexibility index (Phi) is 3.11. The number of nitrogens with one attached hydrogen (secondary N) is 1. The van der Waals surface area contributed by atoms with E-state index in [0.717, 1.165) is 22.9 Å². The number of rotatable bonds is 3. The number of hydrogen-bond acceptors (Lipinski definition) is 2. The molecule has 108 valence electrons. The molecule has 22 heavy (non-hydrogen) atoms. The summed E-state index contributed by atoms with van der Waals surface area (Å²) in [5.41, 5.74) is 2.12. The highest BCUT2D eigenvalue weighted by molar-refractivity contribution is 6.03. The monoisotopic (exact) mass is 288 g/mol. The largest absolute Gasteiger partial charge is 0.325 e. The average molecular weight is 288 g/mol. The molecule has 0 saturated heterocycles. The standard InChI is InChI=1S/C19H16N2O/c22-19(17-11-16(17)13-5-2-1-3-6-13)21-18-8-4-7-14-12-20-10-9-15(14)18/h1-10,12,16-17H,11H2,(H,21,22)/t16-,17-/m0/s1. The molecule has 0 spiro atoms. The molecule has 1 aliphatic rings. The molecule has 0 radical (unpaired) electrons. The average Bonchev–Trinajstić information content (AvgIpc) is 3.37. The van der Waals surface area contributed by atoms with E-state index in [9.17, 15) is 4.79 Å². The Labute approximate surface area is 129 Å². The number of aromatic nitrogens is 1. The van der Waals surface area contributed by atoms with Crippen molar-refractivity contribution >= 4 is 22.4 Å². The molecule has 2 aromatic carbocycles. The first-order valence-electron chi connectivity index (χ1n) is 7.51. The lowest BCUT2D eigenvalue weighted by atomic mass is 10.1. The lowest BCUT2D eigenvalue weighted by molar-refractivity contribution is -0.117. The second kappa shape index (κ2) is 5.26. The number of hydrogen-bond donors (Lipinski definition) is 1. The number of pyridine rings is 1. The summed E-state index contributed by atoms with van der Waals surface area (Å²) in [6.07, 6.45) is 4.50. The Balaban J connectivity index is 1.53. The summed E-state index contributed by atoms with van der Waals surface area (Å²) in [4.78, 5) is 16.6. The smallest absolute Gasteiger partial charge is 0.228 e. The third kappa shape index (κ3) is 2.35. The molecule has 0 unspecified atom stereocenters. The van der Waals surface area contributed by atoms with Gasteiger partial charge in [-0.25, -0.2) is 0 Å². The molecular formula is C19H16N2O. The lowest BCUT2D eigenvalue weighted by Gasteiger charge is -2.08. The number of nitrogens with zero attached hydrogens (tertiary/aromatic N) is 1. The molecule has 1 aliphatic carbocycles. The summed E-state index contributed by atoms with van der Waals surface area (Å²) < 4.78 is 0. The summed E-state index contributed by atoms with van der Waals surface area (Å²) in [7, 11) is 0. The van der Waals surface area contributed by atoms with Crippen LogP contribution >= 0.6 is 0 Å². The molecular weight excluding hydrogens is 272 g/mol. The van der Waals surface area contributed by atoms with Gasteiger partial charge in [-0.15, -0.1) is 0 Å². The Hall–Kier alpha value is -2.68. The molecule has 2 atom stereocenters. The first-order chi connectivity index (χ1) is 10.8. The molecule has 1 N–H and O–H groups in total. The maximum Gasteiger partial charge on any atom is 0.228 e. The molecule has 1 heterocycles. The maximum absolute atomic E-state index is 12.5. The second-order valence-corrected chi connectivity index (χ2v) is 5.75. The van der Waals surface area contributed by atoms with Crippen molar-refractivity contribution in [3.05, 3.63) is 72.6 Å². The molecule has 3 heteroatoms. The van der Waals surface area contributed by atoms with Crippen LogP contribution in [0.1, 0.15) is 17.9 Å². The van der Waals surface area contributed by atoms with Crippen LogP contribution in [0.5, 0.6) is 0 Å². The molecule has 1 fully saturated rings. The minimum atomic E-state index is 0.0829. The van der Waals surface area contributed by atoms with Crippen molar-refractivity contribution in [3.63, 3.8) is 0 Å². The number of carbonyl (C=O) groups is 1. The van der Waals surface area contributed by atoms with Crippen LogP contribution in [-0.4, -0.2) is 10.9 Å². The molecule has 4 rings (SSSR count). The molecule has 0 bridgehead atoms. The number of benzene rings is 2. The summed E-state index contributed by atoms with van der Waals surface area (Å²) in [6, 6.07) is 18.1. The van der Waals surface area contributed by atoms with Gasteiger partial charge in [-0.1, -0.05) is 42.5 Å². The van der Waals surface area contributed by atoms with Gasteiger partial charge in [-0.2, -0.15) is 0 Å². The number of anilines is 1. The summed E-state index contributed by atoms with van der Waals surface area (Å²) in [5, 5.41) is 5.15. The molecule has 3 nitrogen and oxygen atoms in total. The number of carbonyl (C=O) groups excluding carboxylic acids is 1. The van der Waals surface area contributed by atoms with Crippen LogP contribution in [0.15, 0.2) is 67.0 Å². The number of amides is 1. The highest BCUT2D eigenvalue weighted by atomic mass is 16.2.